The maximum absolute atomic E-state index is 11.8. The predicted molar refractivity (Wildman–Crippen MR) is 90.4 cm³/mol. The summed E-state index contributed by atoms with van der Waals surface area (Å²) in [5, 5.41) is 14.2. The number of fused-ring (bicyclic) bond motifs is 1. The molecule has 23 heavy (non-hydrogen) atoms. The Morgan fingerprint density at radius 2 is 2.39 bits per heavy atom. The molecule has 0 saturated carbocycles. The second-order valence-corrected chi connectivity index (χ2v) is 6.08. The number of benzene rings is 1. The molecule has 1 aromatic heterocycles. The van der Waals surface area contributed by atoms with Crippen LogP contribution >= 0.6 is 11.6 Å². The van der Waals surface area contributed by atoms with E-state index in [9.17, 15) is 10.1 Å². The van der Waals surface area contributed by atoms with Crippen molar-refractivity contribution in [2.75, 3.05) is 18.4 Å². The van der Waals surface area contributed by atoms with E-state index in [-0.39, 0.29) is 11.9 Å². The highest BCUT2D eigenvalue weighted by Crippen LogP contribution is 2.29. The van der Waals surface area contributed by atoms with Gasteiger partial charge in [-0.1, -0.05) is 18.5 Å². The van der Waals surface area contributed by atoms with Crippen molar-refractivity contribution >= 4 is 34.1 Å². The van der Waals surface area contributed by atoms with Crippen molar-refractivity contribution in [2.45, 2.75) is 25.8 Å². The van der Waals surface area contributed by atoms with Crippen molar-refractivity contribution < 1.29 is 4.79 Å². The monoisotopic (exact) mass is 328 g/mol. The van der Waals surface area contributed by atoms with Crippen LogP contribution in [-0.2, 0) is 4.79 Å². The summed E-state index contributed by atoms with van der Waals surface area (Å²) in [4.78, 5) is 18.0. The van der Waals surface area contributed by atoms with Gasteiger partial charge in [0.2, 0.25) is 5.91 Å². The Morgan fingerprint density at radius 3 is 3.13 bits per heavy atom. The van der Waals surface area contributed by atoms with Crippen molar-refractivity contribution in [3.05, 3.63) is 35.0 Å². The molecule has 1 N–H and O–H groups in total. The molecule has 0 bridgehead atoms. The number of carbonyl (C=O) groups is 1. The molecule has 1 fully saturated rings. The molecule has 1 atom stereocenters. The van der Waals surface area contributed by atoms with E-state index in [1.165, 1.54) is 0 Å². The number of pyridine rings is 1. The van der Waals surface area contributed by atoms with Gasteiger partial charge >= 0.3 is 0 Å². The first kappa shape index (κ1) is 15.6. The Labute approximate surface area is 139 Å². The summed E-state index contributed by atoms with van der Waals surface area (Å²) < 4.78 is 0. The van der Waals surface area contributed by atoms with E-state index in [1.807, 2.05) is 24.0 Å². The molecule has 1 unspecified atom stereocenters. The van der Waals surface area contributed by atoms with Crippen LogP contribution in [0.1, 0.15) is 25.3 Å². The minimum atomic E-state index is 0.127. The van der Waals surface area contributed by atoms with Crippen LogP contribution in [0.4, 0.5) is 5.69 Å². The zero-order chi connectivity index (χ0) is 16.4. The lowest BCUT2D eigenvalue weighted by atomic mass is 10.1. The van der Waals surface area contributed by atoms with Crippen LogP contribution in [0.15, 0.2) is 24.4 Å². The van der Waals surface area contributed by atoms with Gasteiger partial charge in [-0.2, -0.15) is 5.26 Å². The fourth-order valence-corrected chi connectivity index (χ4v) is 3.11. The number of hydrogen-bond donors (Lipinski definition) is 1. The Bertz CT molecular complexity index is 799. The number of anilines is 1. The van der Waals surface area contributed by atoms with Crippen molar-refractivity contribution in [1.29, 1.82) is 5.26 Å². The van der Waals surface area contributed by atoms with Gasteiger partial charge in [-0.15, -0.1) is 0 Å². The third-order valence-corrected chi connectivity index (χ3v) is 4.38. The van der Waals surface area contributed by atoms with Gasteiger partial charge in [-0.25, -0.2) is 0 Å². The molecule has 5 nitrogen and oxygen atoms in total. The summed E-state index contributed by atoms with van der Waals surface area (Å²) in [5.74, 6) is 0.164. The normalized spacial score (nSPS) is 17.3. The first-order valence-corrected chi connectivity index (χ1v) is 8.03. The second kappa shape index (κ2) is 6.43. The number of hydrogen-bond acceptors (Lipinski definition) is 4. The summed E-state index contributed by atoms with van der Waals surface area (Å²) in [6.45, 7) is 3.27. The van der Waals surface area contributed by atoms with Crippen LogP contribution in [0.2, 0.25) is 5.02 Å². The molecule has 2 aromatic rings. The number of carbonyl (C=O) groups excluding carboxylic acids is 1. The lowest BCUT2D eigenvalue weighted by Crippen LogP contribution is -2.31. The number of nitriles is 1. The van der Waals surface area contributed by atoms with Gasteiger partial charge in [0.25, 0.3) is 0 Å². The van der Waals surface area contributed by atoms with Crippen LogP contribution in [0.5, 0.6) is 0 Å². The molecule has 3 rings (SSSR count). The molecular weight excluding hydrogens is 312 g/mol. The second-order valence-electron chi connectivity index (χ2n) is 5.64. The molecule has 1 amide bonds. The summed E-state index contributed by atoms with van der Waals surface area (Å²) in [6, 6.07) is 7.74. The quantitative estimate of drug-likeness (QED) is 0.939. The van der Waals surface area contributed by atoms with Crippen molar-refractivity contribution in [3.8, 4) is 6.07 Å². The van der Waals surface area contributed by atoms with Crippen LogP contribution in [0, 0.1) is 11.3 Å². The topological polar surface area (TPSA) is 69.0 Å². The molecule has 1 saturated heterocycles. The highest BCUT2D eigenvalue weighted by Gasteiger charge is 2.26. The fraction of sp³-hybridized carbons (Fsp3) is 0.353. The molecule has 0 spiro atoms. The van der Waals surface area contributed by atoms with E-state index in [0.717, 1.165) is 29.6 Å². The summed E-state index contributed by atoms with van der Waals surface area (Å²) in [5.41, 5.74) is 2.02. The summed E-state index contributed by atoms with van der Waals surface area (Å²) in [6.07, 6.45) is 2.95. The fourth-order valence-electron chi connectivity index (χ4n) is 2.94. The molecule has 1 aromatic carbocycles. The minimum Gasteiger partial charge on any atom is -0.379 e. The molecule has 1 aliphatic heterocycles. The Balaban J connectivity index is 1.92. The molecule has 0 aliphatic carbocycles. The van der Waals surface area contributed by atoms with Gasteiger partial charge in [-0.05, 0) is 24.6 Å². The zero-order valence-corrected chi connectivity index (χ0v) is 13.6. The average molecular weight is 329 g/mol. The highest BCUT2D eigenvalue weighted by molar-refractivity contribution is 6.31. The van der Waals surface area contributed by atoms with Gasteiger partial charge in [0.05, 0.1) is 16.8 Å². The standard InChI is InChI=1S/C17H17ClN4O/c1-2-16(23)22-6-5-13(10-22)21-17-11(8-19)9-20-15-4-3-12(18)7-14(15)17/h3-4,7,9,13H,2,5-6,10H2,1H3,(H,20,21). The predicted octanol–water partition coefficient (Wildman–Crippen LogP) is 3.18. The zero-order valence-electron chi connectivity index (χ0n) is 12.8. The summed E-state index contributed by atoms with van der Waals surface area (Å²) >= 11 is 6.09. The van der Waals surface area contributed by atoms with Gasteiger partial charge in [0, 0.05) is 42.2 Å². The van der Waals surface area contributed by atoms with Gasteiger partial charge in [0.15, 0.2) is 0 Å². The number of nitrogens with one attached hydrogen (secondary N) is 1. The van der Waals surface area contributed by atoms with E-state index in [1.54, 1.807) is 12.3 Å². The van der Waals surface area contributed by atoms with Crippen LogP contribution in [-0.4, -0.2) is 34.9 Å². The van der Waals surface area contributed by atoms with Crippen molar-refractivity contribution in [2.24, 2.45) is 0 Å². The number of halogens is 1. The van der Waals surface area contributed by atoms with Gasteiger partial charge in [0.1, 0.15) is 6.07 Å². The molecule has 118 valence electrons. The lowest BCUT2D eigenvalue weighted by Gasteiger charge is -2.18. The third kappa shape index (κ3) is 3.08. The van der Waals surface area contributed by atoms with Gasteiger partial charge < -0.3 is 10.2 Å². The molecule has 1 aliphatic rings. The maximum atomic E-state index is 11.8. The lowest BCUT2D eigenvalue weighted by molar-refractivity contribution is -0.129. The Kier molecular flexibility index (Phi) is 4.35. The highest BCUT2D eigenvalue weighted by atomic mass is 35.5. The number of nitrogens with zero attached hydrogens (tertiary/aromatic N) is 3. The number of amides is 1. The average Bonchev–Trinajstić information content (AvgIpc) is 3.03. The van der Waals surface area contributed by atoms with Crippen LogP contribution in [0.3, 0.4) is 0 Å². The Morgan fingerprint density at radius 1 is 1.57 bits per heavy atom. The Hall–Kier alpha value is -2.32. The number of likely N-dealkylation sites (tertiary alicyclic amines) is 1. The van der Waals surface area contributed by atoms with E-state index < -0.39 is 0 Å². The van der Waals surface area contributed by atoms with Crippen molar-refractivity contribution in [3.63, 3.8) is 0 Å². The van der Waals surface area contributed by atoms with E-state index >= 15 is 0 Å². The van der Waals surface area contributed by atoms with Gasteiger partial charge in [-0.3, -0.25) is 9.78 Å². The third-order valence-electron chi connectivity index (χ3n) is 4.14. The minimum absolute atomic E-state index is 0.127. The smallest absolute Gasteiger partial charge is 0.222 e. The molecule has 6 heteroatoms. The molecule has 0 radical (unpaired) electrons. The SMILES string of the molecule is CCC(=O)N1CCC(Nc2c(C#N)cnc3ccc(Cl)cc23)C1. The van der Waals surface area contributed by atoms with E-state index in [2.05, 4.69) is 16.4 Å². The number of aromatic nitrogens is 1. The maximum Gasteiger partial charge on any atom is 0.222 e. The molecular formula is C17H17ClN4O. The van der Waals surface area contributed by atoms with E-state index in [0.29, 0.717) is 23.6 Å². The summed E-state index contributed by atoms with van der Waals surface area (Å²) in [7, 11) is 0. The first-order valence-electron chi connectivity index (χ1n) is 7.65. The van der Waals surface area contributed by atoms with Crippen LogP contribution < -0.4 is 5.32 Å². The van der Waals surface area contributed by atoms with Crippen LogP contribution in [0.25, 0.3) is 10.9 Å². The first-order chi connectivity index (χ1) is 11.1. The van der Waals surface area contributed by atoms with Crippen molar-refractivity contribution in [1.82, 2.24) is 9.88 Å². The number of rotatable bonds is 3. The molecule has 2 heterocycles. The van der Waals surface area contributed by atoms with E-state index in [4.69, 9.17) is 11.6 Å². The largest absolute Gasteiger partial charge is 0.379 e.